The van der Waals surface area contributed by atoms with E-state index < -0.39 is 73.7 Å². The Morgan fingerprint density at radius 2 is 1.85 bits per heavy atom. The third kappa shape index (κ3) is 10.6. The van der Waals surface area contributed by atoms with Gasteiger partial charge in [-0.2, -0.15) is 0 Å². The first-order valence-electron chi connectivity index (χ1n) is 23.5. The molecule has 2 saturated heterocycles. The van der Waals surface area contributed by atoms with Crippen LogP contribution in [0.4, 0.5) is 16.3 Å². The Bertz CT molecular complexity index is 3290. The molecule has 0 bridgehead atoms. The molecule has 6 unspecified atom stereocenters. The average Bonchev–Trinajstić information content (AvgIpc) is 4.03. The molecular formula is C51H60N8O13S. The van der Waals surface area contributed by atoms with Gasteiger partial charge in [0.05, 0.1) is 50.4 Å². The van der Waals surface area contributed by atoms with Gasteiger partial charge in [0.1, 0.15) is 34.7 Å². The number of ether oxygens (including phenoxy) is 5. The van der Waals surface area contributed by atoms with E-state index >= 15 is 0 Å². The molecule has 21 nitrogen and oxygen atoms in total. The number of phenolic OH excluding ortho intramolecular Hbond substituents is 1. The van der Waals surface area contributed by atoms with Gasteiger partial charge in [0, 0.05) is 60.4 Å². The van der Waals surface area contributed by atoms with Crippen molar-refractivity contribution in [2.24, 2.45) is 5.73 Å². The Kier molecular flexibility index (Phi) is 14.6. The molecule has 2 aromatic carbocycles. The number of nitrogens with one attached hydrogen (secondary N) is 3. The topological polar surface area (TPSA) is 308 Å². The SMILES string of the molecule is CC1COCCN1c1cc(C2(S(C)(=N)=O)CC2)nc(-c2ccnc3[nH]ccc23)n1.COC1C(OC(N)=O)C(O)C(Oc2ccc3c(O)c(NC(=O)c4ccc(O)c(CC=C(C)C)c4)c(=O)oc3c2C)OC1(C)C. The number of carbonyl (C=O) groups excluding carboxylic acids is 2. The first-order valence-corrected chi connectivity index (χ1v) is 25.5. The maximum absolute atomic E-state index is 13.0. The van der Waals surface area contributed by atoms with Crippen LogP contribution in [0.5, 0.6) is 17.2 Å². The standard InChI is InChI=1S/C31H36N2O11.C20H24N6O2S/c1-14(2)7-8-16-13-17(9-11-19(16)34)27(37)33-21-22(35)18-10-12-20(15(3)24(18)42-28(21)38)41-29-23(36)25(43-30(32)39)26(40-6)31(4,5)44-29;1-13-12-28-10-9-26(13)17-11-16(20(5-6-20)29(2,21)27)24-19(25-17)15-4-8-23-18-14(15)3-7-22-18/h7,9-13,23,25-26,29,34-36H,8H2,1-6H3,(H2,32,39)(H,33,37);3-4,7-8,11,13,21H,5-6,9-10,12H2,1-2H3,(H,22,23). The molecule has 3 aliphatic rings. The highest BCUT2D eigenvalue weighted by molar-refractivity contribution is 7.93. The molecule has 22 heteroatoms. The highest BCUT2D eigenvalue weighted by atomic mass is 32.2. The molecule has 1 aliphatic carbocycles. The first-order chi connectivity index (χ1) is 34.5. The van der Waals surface area contributed by atoms with Crippen molar-refractivity contribution >= 4 is 55.2 Å². The van der Waals surface area contributed by atoms with Crippen molar-refractivity contribution in [1.82, 2.24) is 19.9 Å². The zero-order valence-corrected chi connectivity index (χ0v) is 42.5. The first kappa shape index (κ1) is 52.2. The van der Waals surface area contributed by atoms with Gasteiger partial charge in [-0.3, -0.25) is 9.57 Å². The van der Waals surface area contributed by atoms with E-state index in [1.807, 2.05) is 44.3 Å². The van der Waals surface area contributed by atoms with E-state index in [-0.39, 0.29) is 39.6 Å². The Hall–Kier alpha value is -7.11. The molecule has 2 aliphatic heterocycles. The van der Waals surface area contributed by atoms with E-state index in [4.69, 9.17) is 48.6 Å². The highest BCUT2D eigenvalue weighted by Gasteiger charge is 2.54. The van der Waals surface area contributed by atoms with E-state index in [1.165, 1.54) is 43.7 Å². The van der Waals surface area contributed by atoms with Crippen molar-refractivity contribution in [1.29, 1.82) is 4.78 Å². The minimum Gasteiger partial charge on any atom is -0.508 e. The predicted molar refractivity (Wildman–Crippen MR) is 271 cm³/mol. The number of aliphatic hydroxyl groups is 1. The van der Waals surface area contributed by atoms with E-state index in [2.05, 4.69) is 27.1 Å². The number of nitrogens with zero attached hydrogens (tertiary/aromatic N) is 4. The molecule has 4 aromatic heterocycles. The normalized spacial score (nSPS) is 21.8. The number of rotatable bonds is 12. The number of aromatic hydroxyl groups is 2. The number of allylic oxidation sites excluding steroid dienone is 2. The van der Waals surface area contributed by atoms with Crippen molar-refractivity contribution < 1.29 is 57.2 Å². The summed E-state index contributed by atoms with van der Waals surface area (Å²) < 4.78 is 53.9. The second kappa shape index (κ2) is 20.4. The summed E-state index contributed by atoms with van der Waals surface area (Å²) in [4.78, 5) is 56.9. The number of H-pyrrole nitrogens is 1. The number of pyridine rings is 1. The highest BCUT2D eigenvalue weighted by Crippen LogP contribution is 2.53. The summed E-state index contributed by atoms with van der Waals surface area (Å²) in [6.45, 7) is 12.8. The van der Waals surface area contributed by atoms with E-state index in [9.17, 15) is 33.9 Å². The number of aryl methyl sites for hydroxylation is 1. The van der Waals surface area contributed by atoms with Crippen LogP contribution in [0.2, 0.25) is 0 Å². The molecule has 3 fully saturated rings. The summed E-state index contributed by atoms with van der Waals surface area (Å²) in [5.41, 5.74) is 6.90. The second-order valence-electron chi connectivity index (χ2n) is 19.2. The van der Waals surface area contributed by atoms with Gasteiger partial charge in [0.25, 0.3) is 5.91 Å². The summed E-state index contributed by atoms with van der Waals surface area (Å²) in [5.74, 6) is 0.295. The van der Waals surface area contributed by atoms with Crippen LogP contribution in [0.25, 0.3) is 33.4 Å². The predicted octanol–water partition coefficient (Wildman–Crippen LogP) is 6.54. The number of fused-ring (bicyclic) bond motifs is 2. The fourth-order valence-electron chi connectivity index (χ4n) is 9.18. The summed E-state index contributed by atoms with van der Waals surface area (Å²) in [6.07, 6.45) is 2.74. The van der Waals surface area contributed by atoms with Gasteiger partial charge in [-0.15, -0.1) is 0 Å². The van der Waals surface area contributed by atoms with Gasteiger partial charge < -0.3 is 64.4 Å². The molecule has 6 atom stereocenters. The lowest BCUT2D eigenvalue weighted by atomic mass is 9.89. The Labute approximate surface area is 420 Å². The van der Waals surface area contributed by atoms with E-state index in [1.54, 1.807) is 27.0 Å². The molecule has 0 radical (unpaired) electrons. The molecule has 2 amide bonds. The number of aromatic nitrogens is 4. The van der Waals surface area contributed by atoms with Crippen molar-refractivity contribution in [3.05, 3.63) is 105 Å². The number of anilines is 2. The van der Waals surface area contributed by atoms with Crippen molar-refractivity contribution in [2.75, 3.05) is 43.3 Å². The molecule has 0 spiro atoms. The lowest BCUT2D eigenvalue weighted by Gasteiger charge is -2.47. The molecule has 9 rings (SSSR count). The summed E-state index contributed by atoms with van der Waals surface area (Å²) in [7, 11) is -1.42. The molecule has 6 aromatic rings. The minimum absolute atomic E-state index is 0.0183. The Morgan fingerprint density at radius 3 is 2.52 bits per heavy atom. The number of amides is 2. The monoisotopic (exact) mass is 1020 g/mol. The number of carbonyl (C=O) groups is 2. The zero-order valence-electron chi connectivity index (χ0n) is 41.7. The smallest absolute Gasteiger partial charge is 0.404 e. The third-order valence-electron chi connectivity index (χ3n) is 13.3. The molecule has 8 N–H and O–H groups in total. The van der Waals surface area contributed by atoms with Crippen LogP contribution in [0.1, 0.15) is 74.6 Å². The van der Waals surface area contributed by atoms with Crippen LogP contribution in [0.15, 0.2) is 81.8 Å². The number of hydrogen-bond acceptors (Lipinski definition) is 18. The number of aliphatic hydroxyl groups excluding tert-OH is 1. The summed E-state index contributed by atoms with van der Waals surface area (Å²) >= 11 is 0. The van der Waals surface area contributed by atoms with Crippen molar-refractivity contribution in [3.8, 4) is 28.6 Å². The van der Waals surface area contributed by atoms with Crippen LogP contribution < -0.4 is 26.3 Å². The number of primary amides is 1. The molecule has 73 heavy (non-hydrogen) atoms. The molecule has 6 heterocycles. The number of aromatic amines is 1. The van der Waals surface area contributed by atoms with Crippen molar-refractivity contribution in [3.63, 3.8) is 0 Å². The van der Waals surface area contributed by atoms with Gasteiger partial charge in [-0.25, -0.2) is 28.7 Å². The lowest BCUT2D eigenvalue weighted by molar-refractivity contribution is -0.304. The maximum Gasteiger partial charge on any atom is 0.404 e. The van der Waals surface area contributed by atoms with Crippen LogP contribution in [0.3, 0.4) is 0 Å². The number of nitrogens with two attached hydrogens (primary N) is 1. The zero-order chi connectivity index (χ0) is 52.7. The second-order valence-corrected chi connectivity index (χ2v) is 21.7. The lowest BCUT2D eigenvalue weighted by Crippen LogP contribution is -2.65. The minimum atomic E-state index is -2.79. The van der Waals surface area contributed by atoms with Crippen LogP contribution >= 0.6 is 0 Å². The molecule has 388 valence electrons. The van der Waals surface area contributed by atoms with Gasteiger partial charge in [-0.05, 0) is 109 Å². The fourth-order valence-corrected chi connectivity index (χ4v) is 10.6. The number of methoxy groups -OCH3 is 1. The number of morpholine rings is 1. The van der Waals surface area contributed by atoms with E-state index in [0.717, 1.165) is 47.4 Å². The van der Waals surface area contributed by atoms with Gasteiger partial charge >= 0.3 is 11.7 Å². The summed E-state index contributed by atoms with van der Waals surface area (Å²) in [5, 5.41) is 35.5. The largest absolute Gasteiger partial charge is 0.508 e. The van der Waals surface area contributed by atoms with Gasteiger partial charge in [0.2, 0.25) is 6.29 Å². The summed E-state index contributed by atoms with van der Waals surface area (Å²) in [6, 6.07) is 13.1. The quantitative estimate of drug-likeness (QED) is 0.0506. The number of hydrogen-bond donors (Lipinski definition) is 7. The maximum atomic E-state index is 13.0. The van der Waals surface area contributed by atoms with Gasteiger partial charge in [-0.1, -0.05) is 11.6 Å². The Balaban J connectivity index is 0.000000211. The van der Waals surface area contributed by atoms with Crippen LogP contribution in [-0.4, -0.2) is 121 Å². The average molecular weight is 1030 g/mol. The fraction of sp³-hybridized carbons (Fsp3) is 0.412. The van der Waals surface area contributed by atoms with Crippen LogP contribution in [0, 0.1) is 11.7 Å². The number of phenols is 1. The molecule has 1 saturated carbocycles. The van der Waals surface area contributed by atoms with Crippen LogP contribution in [-0.2, 0) is 39.8 Å². The Morgan fingerprint density at radius 1 is 1.10 bits per heavy atom. The third-order valence-corrected chi connectivity index (χ3v) is 15.4. The molecular weight excluding hydrogens is 965 g/mol. The number of benzene rings is 2. The van der Waals surface area contributed by atoms with Gasteiger partial charge in [0.15, 0.2) is 29.5 Å². The van der Waals surface area contributed by atoms with Crippen molar-refractivity contribution in [2.45, 2.75) is 102 Å². The van der Waals surface area contributed by atoms with E-state index in [0.29, 0.717) is 36.7 Å².